The maximum absolute atomic E-state index is 5.60. The molecule has 0 aromatic rings. The fraction of sp³-hybridized carbons (Fsp3) is 0.750. The molecular formula is C8H14N3S+. The Labute approximate surface area is 76.7 Å². The van der Waals surface area contributed by atoms with Crippen LogP contribution < -0.4 is 5.73 Å². The van der Waals surface area contributed by atoms with Crippen LogP contribution in [0.5, 0.6) is 0 Å². The van der Waals surface area contributed by atoms with Gasteiger partial charge in [-0.15, -0.1) is 0 Å². The lowest BCUT2D eigenvalue weighted by Gasteiger charge is -2.12. The second kappa shape index (κ2) is 3.47. The first-order chi connectivity index (χ1) is 5.86. The normalized spacial score (nSPS) is 24.5. The van der Waals surface area contributed by atoms with Crippen molar-refractivity contribution in [2.75, 3.05) is 18.8 Å². The summed E-state index contributed by atoms with van der Waals surface area (Å²) in [6.07, 6.45) is 3.99. The molecule has 0 bridgehead atoms. The van der Waals surface area contributed by atoms with Gasteiger partial charge in [0.25, 0.3) is 5.17 Å². The van der Waals surface area contributed by atoms with Gasteiger partial charge < -0.3 is 5.73 Å². The first kappa shape index (κ1) is 8.10. The van der Waals surface area contributed by atoms with Crippen LogP contribution in [-0.2, 0) is 0 Å². The Balaban J connectivity index is 2.13. The molecule has 2 aliphatic rings. The van der Waals surface area contributed by atoms with Crippen LogP contribution >= 0.6 is 11.8 Å². The lowest BCUT2D eigenvalue weighted by Crippen LogP contribution is -2.26. The van der Waals surface area contributed by atoms with E-state index in [0.29, 0.717) is 0 Å². The molecule has 0 saturated carbocycles. The van der Waals surface area contributed by atoms with Gasteiger partial charge in [-0.3, -0.25) is 4.58 Å². The summed E-state index contributed by atoms with van der Waals surface area (Å²) in [5.41, 5.74) is 5.60. The summed E-state index contributed by atoms with van der Waals surface area (Å²) in [5.74, 6) is 2.17. The second-order valence-electron chi connectivity index (χ2n) is 3.20. The minimum Gasteiger partial charge on any atom is -0.357 e. The fourth-order valence-electron chi connectivity index (χ4n) is 1.64. The number of thioether (sulfide) groups is 1. The SMILES string of the molecule is NC1=NC(=[N+]2CCCCC2)CS1. The second-order valence-corrected chi connectivity index (χ2v) is 4.20. The van der Waals surface area contributed by atoms with E-state index in [1.54, 1.807) is 11.8 Å². The third kappa shape index (κ3) is 1.63. The third-order valence-corrected chi connectivity index (χ3v) is 3.10. The summed E-state index contributed by atoms with van der Waals surface area (Å²) in [5, 5.41) is 0.732. The maximum atomic E-state index is 5.60. The molecule has 4 heteroatoms. The minimum atomic E-state index is 0.732. The number of piperidine rings is 1. The molecule has 1 saturated heterocycles. The van der Waals surface area contributed by atoms with Gasteiger partial charge in [-0.2, -0.15) is 0 Å². The van der Waals surface area contributed by atoms with Gasteiger partial charge in [0.2, 0.25) is 0 Å². The standard InChI is InChI=1S/C8H13N3S/c9-8-10-7(6-12-8)11-4-2-1-3-5-11/h9H,1-6H2/p+1. The van der Waals surface area contributed by atoms with Gasteiger partial charge in [0.15, 0.2) is 0 Å². The van der Waals surface area contributed by atoms with E-state index in [1.807, 2.05) is 0 Å². The highest BCUT2D eigenvalue weighted by Gasteiger charge is 2.24. The van der Waals surface area contributed by atoms with Gasteiger partial charge in [0, 0.05) is 0 Å². The molecule has 1 fully saturated rings. The molecule has 2 rings (SSSR count). The topological polar surface area (TPSA) is 41.4 Å². The smallest absolute Gasteiger partial charge is 0.307 e. The molecule has 0 aromatic heterocycles. The Bertz CT molecular complexity index is 237. The lowest BCUT2D eigenvalue weighted by atomic mass is 10.2. The molecule has 0 spiro atoms. The molecule has 3 nitrogen and oxygen atoms in total. The van der Waals surface area contributed by atoms with Crippen LogP contribution in [0, 0.1) is 0 Å². The van der Waals surface area contributed by atoms with E-state index in [0.717, 1.165) is 10.9 Å². The van der Waals surface area contributed by atoms with E-state index in [1.165, 1.54) is 38.2 Å². The van der Waals surface area contributed by atoms with E-state index < -0.39 is 0 Å². The van der Waals surface area contributed by atoms with Crippen molar-refractivity contribution in [3.63, 3.8) is 0 Å². The molecular weight excluding hydrogens is 170 g/mol. The summed E-state index contributed by atoms with van der Waals surface area (Å²) in [6, 6.07) is 0. The third-order valence-electron chi connectivity index (χ3n) is 2.31. The molecule has 2 aliphatic heterocycles. The maximum Gasteiger partial charge on any atom is 0.307 e. The monoisotopic (exact) mass is 184 g/mol. The van der Waals surface area contributed by atoms with Crippen molar-refractivity contribution in [2.24, 2.45) is 10.7 Å². The molecule has 0 aliphatic carbocycles. The van der Waals surface area contributed by atoms with Gasteiger partial charge >= 0.3 is 5.84 Å². The summed E-state index contributed by atoms with van der Waals surface area (Å²) < 4.78 is 2.37. The highest BCUT2D eigenvalue weighted by atomic mass is 32.2. The van der Waals surface area contributed by atoms with E-state index in [4.69, 9.17) is 5.73 Å². The van der Waals surface area contributed by atoms with Crippen molar-refractivity contribution in [3.05, 3.63) is 0 Å². The van der Waals surface area contributed by atoms with Crippen molar-refractivity contribution >= 4 is 22.8 Å². The quantitative estimate of drug-likeness (QED) is 0.561. The minimum absolute atomic E-state index is 0.732. The van der Waals surface area contributed by atoms with E-state index in [9.17, 15) is 0 Å². The number of nitrogens with zero attached hydrogens (tertiary/aromatic N) is 2. The van der Waals surface area contributed by atoms with Gasteiger partial charge in [-0.05, 0) is 36.0 Å². The van der Waals surface area contributed by atoms with Crippen molar-refractivity contribution < 1.29 is 4.58 Å². The zero-order valence-electron chi connectivity index (χ0n) is 7.12. The number of amidine groups is 2. The Morgan fingerprint density at radius 3 is 2.58 bits per heavy atom. The van der Waals surface area contributed by atoms with Crippen molar-refractivity contribution in [2.45, 2.75) is 19.3 Å². The zero-order valence-corrected chi connectivity index (χ0v) is 7.94. The molecule has 0 radical (unpaired) electrons. The Hall–Kier alpha value is -0.510. The first-order valence-electron chi connectivity index (χ1n) is 4.44. The average Bonchev–Trinajstić information content (AvgIpc) is 2.54. The summed E-state index contributed by atoms with van der Waals surface area (Å²) >= 11 is 1.65. The number of rotatable bonds is 0. The Morgan fingerprint density at radius 1 is 1.25 bits per heavy atom. The predicted octanol–water partition coefficient (Wildman–Crippen LogP) is 0.643. The lowest BCUT2D eigenvalue weighted by molar-refractivity contribution is -0.538. The molecule has 2 heterocycles. The summed E-state index contributed by atoms with van der Waals surface area (Å²) in [4.78, 5) is 4.31. The van der Waals surface area contributed by atoms with E-state index in [-0.39, 0.29) is 0 Å². The van der Waals surface area contributed by atoms with Crippen molar-refractivity contribution in [1.29, 1.82) is 0 Å². The van der Waals surface area contributed by atoms with Crippen LogP contribution in [0.2, 0.25) is 0 Å². The number of hydrogen-bond donors (Lipinski definition) is 1. The van der Waals surface area contributed by atoms with E-state index in [2.05, 4.69) is 9.57 Å². The van der Waals surface area contributed by atoms with E-state index >= 15 is 0 Å². The number of hydrogen-bond acceptors (Lipinski definition) is 2. The molecule has 66 valence electrons. The molecule has 0 aromatic carbocycles. The predicted molar refractivity (Wildman–Crippen MR) is 52.9 cm³/mol. The first-order valence-corrected chi connectivity index (χ1v) is 5.42. The van der Waals surface area contributed by atoms with Crippen LogP contribution in [-0.4, -0.2) is 34.4 Å². The number of nitrogens with two attached hydrogens (primary N) is 1. The molecule has 12 heavy (non-hydrogen) atoms. The van der Waals surface area contributed by atoms with Crippen LogP contribution in [0.3, 0.4) is 0 Å². The van der Waals surface area contributed by atoms with Crippen molar-refractivity contribution in [1.82, 2.24) is 0 Å². The van der Waals surface area contributed by atoms with Gasteiger partial charge in [0.1, 0.15) is 5.75 Å². The molecule has 2 N–H and O–H groups in total. The Kier molecular flexibility index (Phi) is 2.35. The highest BCUT2D eigenvalue weighted by Crippen LogP contribution is 2.13. The van der Waals surface area contributed by atoms with Crippen molar-refractivity contribution in [3.8, 4) is 0 Å². The summed E-state index contributed by atoms with van der Waals surface area (Å²) in [6.45, 7) is 2.35. The zero-order chi connectivity index (χ0) is 8.39. The fourth-order valence-corrected chi connectivity index (χ4v) is 2.34. The molecule has 0 atom stereocenters. The van der Waals surface area contributed by atoms with Gasteiger partial charge in [-0.25, -0.2) is 0 Å². The highest BCUT2D eigenvalue weighted by molar-refractivity contribution is 8.14. The van der Waals surface area contributed by atoms with Crippen LogP contribution in [0.25, 0.3) is 0 Å². The van der Waals surface area contributed by atoms with Crippen LogP contribution in [0.15, 0.2) is 4.99 Å². The largest absolute Gasteiger partial charge is 0.357 e. The van der Waals surface area contributed by atoms with Gasteiger partial charge in [-0.1, -0.05) is 0 Å². The Morgan fingerprint density at radius 2 is 2.00 bits per heavy atom. The summed E-state index contributed by atoms with van der Waals surface area (Å²) in [7, 11) is 0. The van der Waals surface area contributed by atoms with Crippen LogP contribution in [0.1, 0.15) is 19.3 Å². The average molecular weight is 184 g/mol. The van der Waals surface area contributed by atoms with Crippen LogP contribution in [0.4, 0.5) is 0 Å². The van der Waals surface area contributed by atoms with Gasteiger partial charge in [0.05, 0.1) is 13.1 Å². The number of aliphatic imine (C=N–C) groups is 1. The molecule has 0 unspecified atom stereocenters. The molecule has 0 amide bonds.